The molecule has 1 aromatic heterocycles. The zero-order valence-corrected chi connectivity index (χ0v) is 18.6. The maximum absolute atomic E-state index is 6.00. The lowest BCUT2D eigenvalue weighted by Crippen LogP contribution is -2.42. The normalized spacial score (nSPS) is 16.9. The van der Waals surface area contributed by atoms with Crippen LogP contribution in [0.4, 0.5) is 0 Å². The number of nitrogens with zero attached hydrogens (tertiary/aromatic N) is 4. The molecule has 1 aliphatic heterocycles. The molecule has 1 saturated heterocycles. The predicted octanol–water partition coefficient (Wildman–Crippen LogP) is 3.09. The first-order valence-corrected chi connectivity index (χ1v) is 9.11. The first kappa shape index (κ1) is 21.9. The van der Waals surface area contributed by atoms with Crippen LogP contribution >= 0.6 is 35.6 Å². The number of hydrogen-bond acceptors (Lipinski definition) is 5. The van der Waals surface area contributed by atoms with E-state index in [9.17, 15) is 0 Å². The second-order valence-corrected chi connectivity index (χ2v) is 6.79. The summed E-state index contributed by atoms with van der Waals surface area (Å²) in [6, 6.07) is 7.40. The van der Waals surface area contributed by atoms with Crippen LogP contribution in [0, 0.1) is 5.92 Å². The van der Waals surface area contributed by atoms with Crippen LogP contribution in [0.1, 0.15) is 12.3 Å². The predicted molar refractivity (Wildman–Crippen MR) is 117 cm³/mol. The van der Waals surface area contributed by atoms with Gasteiger partial charge in [0.05, 0.1) is 6.61 Å². The fourth-order valence-corrected chi connectivity index (χ4v) is 3.16. The van der Waals surface area contributed by atoms with Crippen molar-refractivity contribution in [2.75, 3.05) is 40.4 Å². The maximum Gasteiger partial charge on any atom is 0.228 e. The van der Waals surface area contributed by atoms with Gasteiger partial charge in [0.2, 0.25) is 11.7 Å². The topological polar surface area (TPSA) is 75.8 Å². The third-order valence-electron chi connectivity index (χ3n) is 4.30. The van der Waals surface area contributed by atoms with E-state index in [1.807, 2.05) is 31.3 Å². The molecule has 0 amide bonds. The fourth-order valence-electron chi connectivity index (χ4n) is 2.97. The smallest absolute Gasteiger partial charge is 0.228 e. The van der Waals surface area contributed by atoms with Crippen LogP contribution in [0.15, 0.2) is 33.8 Å². The Kier molecular flexibility index (Phi) is 8.78. The summed E-state index contributed by atoms with van der Waals surface area (Å²) < 4.78 is 10.8. The first-order chi connectivity index (χ1) is 12.7. The second kappa shape index (κ2) is 10.8. The molecule has 0 radical (unpaired) electrons. The van der Waals surface area contributed by atoms with E-state index >= 15 is 0 Å². The largest absolute Gasteiger partial charge is 0.381 e. The Morgan fingerprint density at radius 1 is 1.44 bits per heavy atom. The average molecular weight is 506 g/mol. The molecule has 2 heterocycles. The number of nitrogens with one attached hydrogen (secondary N) is 1. The monoisotopic (exact) mass is 505 g/mol. The minimum absolute atomic E-state index is 0. The standard InChI is InChI=1S/C18H24ClN5O2.HI/c1-20-18(24(2)11-13-7-9-25-12-13)21-8-6-16-22-17(23-26-16)14-4-3-5-15(19)10-14;/h3-5,10,13H,6-9,11-12H2,1-2H3,(H,20,21);1H. The Morgan fingerprint density at radius 3 is 3.00 bits per heavy atom. The molecule has 1 N–H and O–H groups in total. The molecule has 0 bridgehead atoms. The minimum Gasteiger partial charge on any atom is -0.381 e. The molecule has 1 aromatic carbocycles. The number of rotatable bonds is 6. The van der Waals surface area contributed by atoms with Crippen LogP contribution in [0.5, 0.6) is 0 Å². The Labute approximate surface area is 181 Å². The van der Waals surface area contributed by atoms with Gasteiger partial charge in [-0.05, 0) is 18.6 Å². The van der Waals surface area contributed by atoms with Gasteiger partial charge in [-0.25, -0.2) is 0 Å². The minimum atomic E-state index is 0. The SMILES string of the molecule is CN=C(NCCc1nc(-c2cccc(Cl)c2)no1)N(C)CC1CCOC1.I. The highest BCUT2D eigenvalue weighted by atomic mass is 127. The maximum atomic E-state index is 6.00. The Hall–Kier alpha value is -1.39. The molecule has 9 heteroatoms. The lowest BCUT2D eigenvalue weighted by molar-refractivity contribution is 0.181. The summed E-state index contributed by atoms with van der Waals surface area (Å²) in [4.78, 5) is 10.9. The van der Waals surface area contributed by atoms with Gasteiger partial charge in [-0.2, -0.15) is 4.98 Å². The molecule has 148 valence electrons. The summed E-state index contributed by atoms with van der Waals surface area (Å²) in [5.74, 6) is 2.54. The van der Waals surface area contributed by atoms with Gasteiger partial charge in [0.25, 0.3) is 0 Å². The number of guanidine groups is 1. The quantitative estimate of drug-likeness (QED) is 0.369. The van der Waals surface area contributed by atoms with Gasteiger partial charge in [-0.3, -0.25) is 4.99 Å². The molecular formula is C18H25ClIN5O2. The van der Waals surface area contributed by atoms with Gasteiger partial charge in [0.15, 0.2) is 5.96 Å². The van der Waals surface area contributed by atoms with Crippen molar-refractivity contribution in [3.8, 4) is 11.4 Å². The Morgan fingerprint density at radius 2 is 2.30 bits per heavy atom. The van der Waals surface area contributed by atoms with Crippen molar-refractivity contribution < 1.29 is 9.26 Å². The summed E-state index contributed by atoms with van der Waals surface area (Å²) in [7, 11) is 3.82. The second-order valence-electron chi connectivity index (χ2n) is 6.36. The van der Waals surface area contributed by atoms with Crippen LogP contribution < -0.4 is 5.32 Å². The molecule has 7 nitrogen and oxygen atoms in total. The van der Waals surface area contributed by atoms with Crippen molar-refractivity contribution in [1.29, 1.82) is 0 Å². The van der Waals surface area contributed by atoms with E-state index in [-0.39, 0.29) is 24.0 Å². The highest BCUT2D eigenvalue weighted by Gasteiger charge is 2.19. The van der Waals surface area contributed by atoms with Crippen LogP contribution in [0.2, 0.25) is 5.02 Å². The summed E-state index contributed by atoms with van der Waals surface area (Å²) in [6.07, 6.45) is 1.72. The van der Waals surface area contributed by atoms with E-state index < -0.39 is 0 Å². The van der Waals surface area contributed by atoms with Gasteiger partial charge in [-0.1, -0.05) is 28.9 Å². The van der Waals surface area contributed by atoms with Crippen molar-refractivity contribution in [3.05, 3.63) is 35.2 Å². The van der Waals surface area contributed by atoms with E-state index in [2.05, 4.69) is 25.3 Å². The highest BCUT2D eigenvalue weighted by molar-refractivity contribution is 14.0. The number of benzene rings is 1. The summed E-state index contributed by atoms with van der Waals surface area (Å²) >= 11 is 6.00. The van der Waals surface area contributed by atoms with Crippen LogP contribution in [0.3, 0.4) is 0 Å². The van der Waals surface area contributed by atoms with E-state index in [0.29, 0.717) is 35.6 Å². The van der Waals surface area contributed by atoms with Gasteiger partial charge in [0, 0.05) is 56.7 Å². The lowest BCUT2D eigenvalue weighted by Gasteiger charge is -2.24. The zero-order chi connectivity index (χ0) is 18.4. The lowest BCUT2D eigenvalue weighted by atomic mass is 10.1. The number of halogens is 2. The third-order valence-corrected chi connectivity index (χ3v) is 4.54. The molecule has 2 aromatic rings. The van der Waals surface area contributed by atoms with Crippen molar-refractivity contribution >= 4 is 41.5 Å². The summed E-state index contributed by atoms with van der Waals surface area (Å²) in [6.45, 7) is 3.28. The van der Waals surface area contributed by atoms with Crippen LogP contribution in [-0.2, 0) is 11.2 Å². The first-order valence-electron chi connectivity index (χ1n) is 8.73. The Balaban J connectivity index is 0.00000261. The number of ether oxygens (including phenoxy) is 1. The van der Waals surface area contributed by atoms with Crippen molar-refractivity contribution in [3.63, 3.8) is 0 Å². The Bertz CT molecular complexity index is 749. The molecule has 27 heavy (non-hydrogen) atoms. The fraction of sp³-hybridized carbons (Fsp3) is 0.500. The highest BCUT2D eigenvalue weighted by Crippen LogP contribution is 2.20. The van der Waals surface area contributed by atoms with Gasteiger partial charge < -0.3 is 19.5 Å². The molecule has 1 fully saturated rings. The molecule has 0 aliphatic carbocycles. The van der Waals surface area contributed by atoms with E-state index in [1.165, 1.54) is 0 Å². The molecule has 0 spiro atoms. The van der Waals surface area contributed by atoms with E-state index in [0.717, 1.165) is 37.7 Å². The van der Waals surface area contributed by atoms with Crippen molar-refractivity contribution in [2.45, 2.75) is 12.8 Å². The third kappa shape index (κ3) is 6.32. The van der Waals surface area contributed by atoms with Crippen molar-refractivity contribution in [1.82, 2.24) is 20.4 Å². The van der Waals surface area contributed by atoms with E-state index in [1.54, 1.807) is 7.05 Å². The van der Waals surface area contributed by atoms with Crippen molar-refractivity contribution in [2.24, 2.45) is 10.9 Å². The molecule has 3 rings (SSSR count). The average Bonchev–Trinajstić information content (AvgIpc) is 3.30. The zero-order valence-electron chi connectivity index (χ0n) is 15.5. The summed E-state index contributed by atoms with van der Waals surface area (Å²) in [5, 5.41) is 8.01. The number of hydrogen-bond donors (Lipinski definition) is 1. The van der Waals surface area contributed by atoms with Gasteiger partial charge in [-0.15, -0.1) is 24.0 Å². The number of aromatic nitrogens is 2. The molecular weight excluding hydrogens is 481 g/mol. The molecule has 1 unspecified atom stereocenters. The molecule has 1 atom stereocenters. The molecule has 0 saturated carbocycles. The van der Waals surface area contributed by atoms with Crippen LogP contribution in [-0.4, -0.2) is 61.4 Å². The van der Waals surface area contributed by atoms with Gasteiger partial charge in [0.1, 0.15) is 0 Å². The number of aliphatic imine (C=N–C) groups is 1. The molecule has 1 aliphatic rings. The van der Waals surface area contributed by atoms with Crippen LogP contribution in [0.25, 0.3) is 11.4 Å². The van der Waals surface area contributed by atoms with E-state index in [4.69, 9.17) is 20.9 Å². The summed E-state index contributed by atoms with van der Waals surface area (Å²) in [5.41, 5.74) is 0.842. The van der Waals surface area contributed by atoms with Gasteiger partial charge >= 0.3 is 0 Å².